The largest absolute Gasteiger partial charge is 0.383 e. The molecule has 7 nitrogen and oxygen atoms in total. The van der Waals surface area contributed by atoms with Gasteiger partial charge in [-0.2, -0.15) is 0 Å². The van der Waals surface area contributed by atoms with E-state index in [-0.39, 0.29) is 0 Å². The minimum atomic E-state index is 0.322. The third kappa shape index (κ3) is 6.53. The summed E-state index contributed by atoms with van der Waals surface area (Å²) in [6.45, 7) is 6.96. The summed E-state index contributed by atoms with van der Waals surface area (Å²) in [6, 6.07) is 4.17. The number of nitrogens with zero attached hydrogens (tertiary/aromatic N) is 5. The van der Waals surface area contributed by atoms with E-state index in [0.717, 1.165) is 51.4 Å². The zero-order valence-electron chi connectivity index (χ0n) is 16.1. The highest BCUT2D eigenvalue weighted by atomic mass is 16.5. The Hall–Kier alpha value is -2.09. The Bertz CT molecular complexity index is 658. The summed E-state index contributed by atoms with van der Waals surface area (Å²) < 4.78 is 5.20. The van der Waals surface area contributed by atoms with Crippen molar-refractivity contribution in [3.63, 3.8) is 0 Å². The van der Waals surface area contributed by atoms with Gasteiger partial charge in [-0.25, -0.2) is 9.97 Å². The van der Waals surface area contributed by atoms with Crippen molar-refractivity contribution in [2.75, 3.05) is 45.6 Å². The van der Waals surface area contributed by atoms with Crippen LogP contribution < -0.4 is 5.73 Å². The molecule has 7 heteroatoms. The molecule has 1 aliphatic heterocycles. The van der Waals surface area contributed by atoms with Crippen molar-refractivity contribution in [3.05, 3.63) is 48.0 Å². The predicted octanol–water partition coefficient (Wildman–Crippen LogP) is 1.81. The zero-order chi connectivity index (χ0) is 18.9. The second kappa shape index (κ2) is 10.3. The molecule has 27 heavy (non-hydrogen) atoms. The molecular formula is C20H30N6O. The fraction of sp³-hybridized carbons (Fsp3) is 0.550. The summed E-state index contributed by atoms with van der Waals surface area (Å²) >= 11 is 0. The zero-order valence-corrected chi connectivity index (χ0v) is 16.1. The van der Waals surface area contributed by atoms with Crippen LogP contribution in [0.1, 0.15) is 24.0 Å². The van der Waals surface area contributed by atoms with E-state index in [2.05, 4.69) is 36.9 Å². The summed E-state index contributed by atoms with van der Waals surface area (Å²) in [5.41, 5.74) is 7.99. The van der Waals surface area contributed by atoms with Crippen LogP contribution in [-0.2, 0) is 17.8 Å². The Morgan fingerprint density at radius 2 is 1.78 bits per heavy atom. The average molecular weight is 371 g/mol. The number of hydrogen-bond donors (Lipinski definition) is 1. The lowest BCUT2D eigenvalue weighted by molar-refractivity contribution is 0.103. The number of piperidine rings is 1. The van der Waals surface area contributed by atoms with Crippen molar-refractivity contribution >= 4 is 5.95 Å². The number of nitrogen functional groups attached to an aromatic ring is 1. The maximum absolute atomic E-state index is 5.62. The van der Waals surface area contributed by atoms with Gasteiger partial charge >= 0.3 is 0 Å². The number of methoxy groups -OCH3 is 1. The van der Waals surface area contributed by atoms with Crippen LogP contribution >= 0.6 is 0 Å². The summed E-state index contributed by atoms with van der Waals surface area (Å²) in [4.78, 5) is 17.4. The molecule has 0 bridgehead atoms. The number of likely N-dealkylation sites (tertiary alicyclic amines) is 1. The molecule has 2 aromatic rings. The standard InChI is InChI=1S/C20H30N6O/c1-27-11-10-25-8-4-18(5-9-25)15-26(14-17-2-6-22-7-3-17)16-19-12-23-20(21)24-13-19/h2-3,6-7,12-13,18H,4-5,8-11,14-16H2,1H3,(H2,21,23,24). The first-order valence-corrected chi connectivity index (χ1v) is 9.62. The van der Waals surface area contributed by atoms with E-state index in [1.165, 1.54) is 18.4 Å². The molecule has 1 saturated heterocycles. The molecule has 2 aromatic heterocycles. The van der Waals surface area contributed by atoms with Gasteiger partial charge in [0, 0.05) is 63.6 Å². The second-order valence-electron chi connectivity index (χ2n) is 7.25. The lowest BCUT2D eigenvalue weighted by Crippen LogP contribution is -2.39. The number of nitrogens with two attached hydrogens (primary N) is 1. The molecule has 0 aromatic carbocycles. The van der Waals surface area contributed by atoms with E-state index in [0.29, 0.717) is 11.9 Å². The highest BCUT2D eigenvalue weighted by Gasteiger charge is 2.21. The van der Waals surface area contributed by atoms with Gasteiger partial charge in [0.2, 0.25) is 5.95 Å². The molecular weight excluding hydrogens is 340 g/mol. The first-order chi connectivity index (χ1) is 13.2. The molecule has 146 valence electrons. The molecule has 3 heterocycles. The van der Waals surface area contributed by atoms with E-state index in [4.69, 9.17) is 10.5 Å². The number of rotatable bonds is 9. The van der Waals surface area contributed by atoms with Crippen LogP contribution in [0.25, 0.3) is 0 Å². The lowest BCUT2D eigenvalue weighted by Gasteiger charge is -2.34. The molecule has 0 atom stereocenters. The smallest absolute Gasteiger partial charge is 0.219 e. The molecule has 1 fully saturated rings. The normalized spacial score (nSPS) is 16.1. The van der Waals surface area contributed by atoms with E-state index in [1.54, 1.807) is 7.11 Å². The third-order valence-corrected chi connectivity index (χ3v) is 5.12. The van der Waals surface area contributed by atoms with Crippen LogP contribution in [0.4, 0.5) is 5.95 Å². The van der Waals surface area contributed by atoms with Crippen molar-refractivity contribution in [1.82, 2.24) is 24.8 Å². The van der Waals surface area contributed by atoms with Crippen LogP contribution in [0, 0.1) is 5.92 Å². The maximum atomic E-state index is 5.62. The number of pyridine rings is 1. The number of aromatic nitrogens is 3. The topological polar surface area (TPSA) is 80.4 Å². The highest BCUT2D eigenvalue weighted by Crippen LogP contribution is 2.20. The van der Waals surface area contributed by atoms with Crippen molar-refractivity contribution in [2.45, 2.75) is 25.9 Å². The van der Waals surface area contributed by atoms with Gasteiger partial charge in [0.1, 0.15) is 0 Å². The molecule has 0 unspecified atom stereocenters. The van der Waals surface area contributed by atoms with Crippen LogP contribution in [-0.4, -0.2) is 64.6 Å². The van der Waals surface area contributed by atoms with E-state index >= 15 is 0 Å². The molecule has 1 aliphatic rings. The van der Waals surface area contributed by atoms with Gasteiger partial charge in [0.05, 0.1) is 6.61 Å². The van der Waals surface area contributed by atoms with Crippen molar-refractivity contribution in [1.29, 1.82) is 0 Å². The highest BCUT2D eigenvalue weighted by molar-refractivity contribution is 5.17. The van der Waals surface area contributed by atoms with Crippen LogP contribution in [0.2, 0.25) is 0 Å². The quantitative estimate of drug-likeness (QED) is 0.721. The van der Waals surface area contributed by atoms with E-state index in [9.17, 15) is 0 Å². The summed E-state index contributed by atoms with van der Waals surface area (Å²) in [6.07, 6.45) is 9.83. The second-order valence-corrected chi connectivity index (χ2v) is 7.25. The van der Waals surface area contributed by atoms with Crippen molar-refractivity contribution in [2.24, 2.45) is 5.92 Å². The fourth-order valence-electron chi connectivity index (χ4n) is 3.61. The van der Waals surface area contributed by atoms with E-state index < -0.39 is 0 Å². The fourth-order valence-corrected chi connectivity index (χ4v) is 3.61. The lowest BCUT2D eigenvalue weighted by atomic mass is 9.96. The monoisotopic (exact) mass is 370 g/mol. The predicted molar refractivity (Wildman–Crippen MR) is 106 cm³/mol. The van der Waals surface area contributed by atoms with Crippen molar-refractivity contribution in [3.8, 4) is 0 Å². The number of anilines is 1. The number of ether oxygens (including phenoxy) is 1. The summed E-state index contributed by atoms with van der Waals surface area (Å²) in [5.74, 6) is 1.03. The van der Waals surface area contributed by atoms with Gasteiger partial charge in [-0.3, -0.25) is 9.88 Å². The first kappa shape index (κ1) is 19.7. The maximum Gasteiger partial charge on any atom is 0.219 e. The van der Waals surface area contributed by atoms with Crippen LogP contribution in [0.5, 0.6) is 0 Å². The number of hydrogen-bond acceptors (Lipinski definition) is 7. The Morgan fingerprint density at radius 1 is 1.11 bits per heavy atom. The minimum absolute atomic E-state index is 0.322. The van der Waals surface area contributed by atoms with Crippen molar-refractivity contribution < 1.29 is 4.74 Å². The minimum Gasteiger partial charge on any atom is -0.383 e. The van der Waals surface area contributed by atoms with E-state index in [1.807, 2.05) is 24.8 Å². The molecule has 0 amide bonds. The Kier molecular flexibility index (Phi) is 7.50. The molecule has 3 rings (SSSR count). The van der Waals surface area contributed by atoms with Gasteiger partial charge in [-0.15, -0.1) is 0 Å². The van der Waals surface area contributed by atoms with Gasteiger partial charge in [-0.05, 0) is 49.5 Å². The average Bonchev–Trinajstić information content (AvgIpc) is 2.70. The molecule has 0 spiro atoms. The molecule has 2 N–H and O–H groups in total. The Balaban J connectivity index is 1.58. The first-order valence-electron chi connectivity index (χ1n) is 9.62. The molecule has 0 radical (unpaired) electrons. The van der Waals surface area contributed by atoms with Gasteiger partial charge in [0.25, 0.3) is 0 Å². The Labute approximate surface area is 161 Å². The van der Waals surface area contributed by atoms with Gasteiger partial charge < -0.3 is 15.4 Å². The van der Waals surface area contributed by atoms with Crippen LogP contribution in [0.15, 0.2) is 36.9 Å². The summed E-state index contributed by atoms with van der Waals surface area (Å²) in [5, 5.41) is 0. The molecule has 0 saturated carbocycles. The van der Waals surface area contributed by atoms with Gasteiger partial charge in [-0.1, -0.05) is 0 Å². The SMILES string of the molecule is COCCN1CCC(CN(Cc2ccncc2)Cc2cnc(N)nc2)CC1. The summed E-state index contributed by atoms with van der Waals surface area (Å²) in [7, 11) is 1.77. The third-order valence-electron chi connectivity index (χ3n) is 5.12. The van der Waals surface area contributed by atoms with Crippen LogP contribution in [0.3, 0.4) is 0 Å². The Morgan fingerprint density at radius 3 is 2.44 bits per heavy atom. The van der Waals surface area contributed by atoms with Gasteiger partial charge in [0.15, 0.2) is 0 Å². The molecule has 0 aliphatic carbocycles.